The molecule has 0 aliphatic heterocycles. The molecule has 0 radical (unpaired) electrons. The number of hydrogen-bond donors (Lipinski definition) is 0. The van der Waals surface area contributed by atoms with Gasteiger partial charge in [-0.15, -0.1) is 0 Å². The predicted octanol–water partition coefficient (Wildman–Crippen LogP) is 0.0314. The maximum atomic E-state index is 12.7. The summed E-state index contributed by atoms with van der Waals surface area (Å²) in [4.78, 5) is 12.7. The minimum absolute atomic E-state index is 0. The van der Waals surface area contributed by atoms with Gasteiger partial charge in [0.15, 0.2) is 6.20 Å². The highest BCUT2D eigenvalue weighted by molar-refractivity contribution is 5.98. The molecular formula is C19H18BrNO3. The first-order valence-corrected chi connectivity index (χ1v) is 7.35. The van der Waals surface area contributed by atoms with E-state index in [0.717, 1.165) is 10.9 Å². The molecule has 0 N–H and O–H groups in total. The van der Waals surface area contributed by atoms with Crippen LogP contribution >= 0.6 is 0 Å². The molecule has 4 nitrogen and oxygen atoms in total. The molecule has 0 amide bonds. The van der Waals surface area contributed by atoms with Gasteiger partial charge in [-0.25, -0.2) is 0 Å². The average molecular weight is 388 g/mol. The van der Waals surface area contributed by atoms with Gasteiger partial charge < -0.3 is 26.5 Å². The zero-order valence-corrected chi connectivity index (χ0v) is 15.1. The minimum atomic E-state index is -0.00847. The van der Waals surface area contributed by atoms with Crippen molar-refractivity contribution in [2.24, 2.45) is 0 Å². The predicted molar refractivity (Wildman–Crippen MR) is 88.0 cm³/mol. The van der Waals surface area contributed by atoms with Gasteiger partial charge in [-0.1, -0.05) is 12.1 Å². The number of methoxy groups -OCH3 is 2. The van der Waals surface area contributed by atoms with Crippen molar-refractivity contribution >= 4 is 16.7 Å². The molecule has 3 rings (SSSR count). The van der Waals surface area contributed by atoms with Crippen molar-refractivity contribution in [2.45, 2.75) is 6.54 Å². The van der Waals surface area contributed by atoms with E-state index >= 15 is 0 Å². The Bertz CT molecular complexity index is 859. The maximum Gasteiger partial charge on any atom is 0.231 e. The van der Waals surface area contributed by atoms with Crippen LogP contribution in [0, 0.1) is 0 Å². The van der Waals surface area contributed by atoms with Crippen LogP contribution in [0.5, 0.6) is 11.5 Å². The van der Waals surface area contributed by atoms with Crippen molar-refractivity contribution in [3.8, 4) is 11.5 Å². The van der Waals surface area contributed by atoms with Crippen LogP contribution in [0.1, 0.15) is 10.4 Å². The van der Waals surface area contributed by atoms with Crippen LogP contribution in [0.15, 0.2) is 60.8 Å². The molecule has 0 unspecified atom stereocenters. The first-order chi connectivity index (χ1) is 11.2. The number of rotatable bonds is 5. The average Bonchev–Trinajstić information content (AvgIpc) is 2.61. The molecule has 124 valence electrons. The molecule has 0 aliphatic rings. The molecule has 0 spiro atoms. The number of ether oxygens (including phenoxy) is 2. The van der Waals surface area contributed by atoms with Crippen LogP contribution in [0.4, 0.5) is 0 Å². The Morgan fingerprint density at radius 1 is 1.00 bits per heavy atom. The molecule has 0 fully saturated rings. The smallest absolute Gasteiger partial charge is 0.231 e. The molecule has 2 aromatic carbocycles. The van der Waals surface area contributed by atoms with E-state index in [-0.39, 0.29) is 29.3 Å². The summed E-state index contributed by atoms with van der Waals surface area (Å²) in [5, 5.41) is 1.10. The lowest BCUT2D eigenvalue weighted by atomic mass is 10.1. The van der Waals surface area contributed by atoms with Gasteiger partial charge in [-0.2, -0.15) is 4.57 Å². The summed E-state index contributed by atoms with van der Waals surface area (Å²) in [6.07, 6.45) is 1.91. The summed E-state index contributed by atoms with van der Waals surface area (Å²) >= 11 is 0. The summed E-state index contributed by atoms with van der Waals surface area (Å²) in [6, 6.07) is 17.2. The van der Waals surface area contributed by atoms with Crippen LogP contribution in [0.2, 0.25) is 0 Å². The van der Waals surface area contributed by atoms with Crippen LogP contribution in [-0.2, 0) is 6.54 Å². The van der Waals surface area contributed by atoms with Gasteiger partial charge in [-0.05, 0) is 24.3 Å². The Balaban J connectivity index is 0.00000208. The van der Waals surface area contributed by atoms with Crippen molar-refractivity contribution in [3.05, 3.63) is 66.4 Å². The molecular weight excluding hydrogens is 370 g/mol. The number of nitrogens with zero attached hydrogens (tertiary/aromatic N) is 1. The first kappa shape index (κ1) is 17.9. The summed E-state index contributed by atoms with van der Waals surface area (Å²) in [7, 11) is 3.14. The van der Waals surface area contributed by atoms with Crippen molar-refractivity contribution < 1.29 is 35.8 Å². The molecule has 0 aliphatic carbocycles. The monoisotopic (exact) mass is 387 g/mol. The number of fused-ring (bicyclic) bond motifs is 1. The number of carbonyl (C=O) groups excluding carboxylic acids is 1. The number of para-hydroxylation sites is 1. The van der Waals surface area contributed by atoms with Gasteiger partial charge in [0.05, 0.1) is 19.8 Å². The lowest BCUT2D eigenvalue weighted by Crippen LogP contribution is -3.00. The zero-order valence-electron chi connectivity index (χ0n) is 13.5. The third-order valence-corrected chi connectivity index (χ3v) is 3.81. The van der Waals surface area contributed by atoms with Crippen LogP contribution in [0.25, 0.3) is 10.9 Å². The highest BCUT2D eigenvalue weighted by Gasteiger charge is 2.19. The van der Waals surface area contributed by atoms with Crippen molar-refractivity contribution in [1.29, 1.82) is 0 Å². The second-order valence-corrected chi connectivity index (χ2v) is 5.18. The lowest BCUT2D eigenvalue weighted by molar-refractivity contribution is -0.657. The minimum Gasteiger partial charge on any atom is -1.00 e. The van der Waals surface area contributed by atoms with Gasteiger partial charge in [0, 0.05) is 23.6 Å². The summed E-state index contributed by atoms with van der Waals surface area (Å²) in [6.45, 7) is 0.254. The summed E-state index contributed by atoms with van der Waals surface area (Å²) in [5.41, 5.74) is 1.57. The Morgan fingerprint density at radius 3 is 2.50 bits per heavy atom. The maximum absolute atomic E-state index is 12.7. The van der Waals surface area contributed by atoms with Crippen LogP contribution in [0.3, 0.4) is 0 Å². The Labute approximate surface area is 151 Å². The van der Waals surface area contributed by atoms with Gasteiger partial charge in [0.1, 0.15) is 11.5 Å². The number of ketones is 1. The van der Waals surface area contributed by atoms with E-state index in [4.69, 9.17) is 9.47 Å². The Morgan fingerprint density at radius 2 is 1.75 bits per heavy atom. The number of benzene rings is 2. The number of Topliss-reactive ketones (excluding diaryl/α,β-unsaturated/α-hetero) is 1. The molecule has 0 saturated heterocycles. The Hall–Kier alpha value is -2.40. The second-order valence-electron chi connectivity index (χ2n) is 5.18. The third kappa shape index (κ3) is 3.57. The van der Waals surface area contributed by atoms with E-state index in [1.165, 1.54) is 0 Å². The van der Waals surface area contributed by atoms with E-state index in [1.54, 1.807) is 32.4 Å². The fraction of sp³-hybridized carbons (Fsp3) is 0.158. The highest BCUT2D eigenvalue weighted by Crippen LogP contribution is 2.25. The van der Waals surface area contributed by atoms with E-state index in [9.17, 15) is 4.79 Å². The van der Waals surface area contributed by atoms with Gasteiger partial charge in [0.25, 0.3) is 0 Å². The standard InChI is InChI=1S/C19H18NO3.BrH/c1-22-15-9-10-16(19(12-15)23-2)18(21)13-20-11-5-7-14-6-3-4-8-17(14)20;/h3-12H,13H2,1-2H3;1H/q+1;/p-1. The van der Waals surface area contributed by atoms with Gasteiger partial charge in [0.2, 0.25) is 17.8 Å². The molecule has 0 bridgehead atoms. The SMILES string of the molecule is COc1ccc(C(=O)C[n+]2cccc3ccccc32)c(OC)c1.[Br-]. The number of pyridine rings is 1. The quantitative estimate of drug-likeness (QED) is 0.458. The molecule has 0 saturated carbocycles. The lowest BCUT2D eigenvalue weighted by Gasteiger charge is -2.08. The Kier molecular flexibility index (Phi) is 5.93. The largest absolute Gasteiger partial charge is 1.00 e. The topological polar surface area (TPSA) is 39.4 Å². The molecule has 24 heavy (non-hydrogen) atoms. The number of hydrogen-bond acceptors (Lipinski definition) is 3. The fourth-order valence-electron chi connectivity index (χ4n) is 2.63. The zero-order chi connectivity index (χ0) is 16.2. The third-order valence-electron chi connectivity index (χ3n) is 3.81. The summed E-state index contributed by atoms with van der Waals surface area (Å²) < 4.78 is 12.4. The van der Waals surface area contributed by atoms with E-state index in [1.807, 2.05) is 47.2 Å². The second kappa shape index (κ2) is 7.93. The van der Waals surface area contributed by atoms with E-state index < -0.39 is 0 Å². The van der Waals surface area contributed by atoms with Crippen LogP contribution in [-0.4, -0.2) is 20.0 Å². The molecule has 1 heterocycles. The molecule has 1 aromatic heterocycles. The molecule has 0 atom stereocenters. The number of carbonyl (C=O) groups is 1. The number of halogens is 1. The fourth-order valence-corrected chi connectivity index (χ4v) is 2.63. The number of aromatic nitrogens is 1. The first-order valence-electron chi connectivity index (χ1n) is 7.35. The van der Waals surface area contributed by atoms with Crippen LogP contribution < -0.4 is 31.0 Å². The van der Waals surface area contributed by atoms with E-state index in [2.05, 4.69) is 0 Å². The van der Waals surface area contributed by atoms with Gasteiger partial charge in [-0.3, -0.25) is 4.79 Å². The van der Waals surface area contributed by atoms with Crippen molar-refractivity contribution in [2.75, 3.05) is 14.2 Å². The van der Waals surface area contributed by atoms with Crippen molar-refractivity contribution in [1.82, 2.24) is 0 Å². The summed E-state index contributed by atoms with van der Waals surface area (Å²) in [5.74, 6) is 1.18. The molecule has 3 aromatic rings. The molecule has 5 heteroatoms. The normalized spacial score (nSPS) is 10.1. The van der Waals surface area contributed by atoms with Crippen molar-refractivity contribution in [3.63, 3.8) is 0 Å². The van der Waals surface area contributed by atoms with E-state index in [0.29, 0.717) is 17.1 Å². The van der Waals surface area contributed by atoms with Gasteiger partial charge >= 0.3 is 0 Å². The highest BCUT2D eigenvalue weighted by atomic mass is 79.9.